The van der Waals surface area contributed by atoms with Crippen molar-refractivity contribution < 1.29 is 4.79 Å². The zero-order valence-electron chi connectivity index (χ0n) is 9.05. The van der Waals surface area contributed by atoms with Crippen molar-refractivity contribution in [2.45, 2.75) is 33.6 Å². The molecule has 0 saturated heterocycles. The summed E-state index contributed by atoms with van der Waals surface area (Å²) in [4.78, 5) is 13.6. The molecule has 0 bridgehead atoms. The van der Waals surface area contributed by atoms with Crippen molar-refractivity contribution in [1.29, 1.82) is 0 Å². The average molecular weight is 181 g/mol. The van der Waals surface area contributed by atoms with Gasteiger partial charge in [-0.25, -0.2) is 0 Å². The van der Waals surface area contributed by atoms with Crippen molar-refractivity contribution in [1.82, 2.24) is 4.90 Å². The first-order valence-electron chi connectivity index (χ1n) is 4.95. The molecular formula is C11H19NO. The van der Waals surface area contributed by atoms with Crippen molar-refractivity contribution in [3.05, 3.63) is 11.6 Å². The van der Waals surface area contributed by atoms with Crippen LogP contribution in [0.15, 0.2) is 11.6 Å². The maximum atomic E-state index is 11.8. The van der Waals surface area contributed by atoms with Crippen molar-refractivity contribution in [3.8, 4) is 0 Å². The number of nitrogens with zero attached hydrogens (tertiary/aromatic N) is 1. The summed E-state index contributed by atoms with van der Waals surface area (Å²) in [5, 5.41) is 0. The molecule has 2 heteroatoms. The number of carbonyl (C=O) groups excluding carboxylic acids is 1. The Labute approximate surface area is 80.6 Å². The normalized spacial score (nSPS) is 19.8. The predicted molar refractivity (Wildman–Crippen MR) is 54.4 cm³/mol. The number of amides is 1. The van der Waals surface area contributed by atoms with Gasteiger partial charge in [0.05, 0.1) is 0 Å². The van der Waals surface area contributed by atoms with E-state index in [0.29, 0.717) is 0 Å². The number of rotatable bonds is 2. The summed E-state index contributed by atoms with van der Waals surface area (Å²) < 4.78 is 0. The van der Waals surface area contributed by atoms with E-state index in [4.69, 9.17) is 0 Å². The van der Waals surface area contributed by atoms with Crippen LogP contribution >= 0.6 is 0 Å². The summed E-state index contributed by atoms with van der Waals surface area (Å²) in [5.41, 5.74) is 1.08. The van der Waals surface area contributed by atoms with Gasteiger partial charge < -0.3 is 4.90 Å². The molecule has 2 nitrogen and oxygen atoms in total. The minimum Gasteiger partial charge on any atom is -0.342 e. The van der Waals surface area contributed by atoms with Crippen LogP contribution in [0.25, 0.3) is 0 Å². The molecule has 1 rings (SSSR count). The second-order valence-corrected chi connectivity index (χ2v) is 4.36. The lowest BCUT2D eigenvalue weighted by molar-refractivity contribution is -0.126. The smallest absolute Gasteiger partial charge is 0.249 e. The van der Waals surface area contributed by atoms with Crippen LogP contribution in [0.5, 0.6) is 0 Å². The maximum absolute atomic E-state index is 11.8. The molecular weight excluding hydrogens is 162 g/mol. The average Bonchev–Trinajstić information content (AvgIpc) is 2.42. The van der Waals surface area contributed by atoms with E-state index in [1.807, 2.05) is 14.0 Å². The number of hydrogen-bond donors (Lipinski definition) is 0. The number of likely N-dealkylation sites (N-methyl/N-ethyl adjacent to an activating group) is 1. The third-order valence-electron chi connectivity index (χ3n) is 2.90. The molecule has 0 spiro atoms. The minimum absolute atomic E-state index is 0.0838. The molecule has 0 unspecified atom stereocenters. The molecule has 0 atom stereocenters. The monoisotopic (exact) mass is 181 g/mol. The first-order chi connectivity index (χ1) is 5.99. The van der Waals surface area contributed by atoms with Gasteiger partial charge in [0.15, 0.2) is 0 Å². The molecule has 0 aromatic carbocycles. The Bertz CT molecular complexity index is 240. The van der Waals surface area contributed by atoms with E-state index >= 15 is 0 Å². The molecule has 0 aromatic rings. The molecule has 0 heterocycles. The van der Waals surface area contributed by atoms with Gasteiger partial charge in [0.2, 0.25) is 5.91 Å². The van der Waals surface area contributed by atoms with E-state index in [1.54, 1.807) is 4.90 Å². The summed E-state index contributed by atoms with van der Waals surface area (Å²) in [6, 6.07) is 0. The van der Waals surface area contributed by atoms with Gasteiger partial charge >= 0.3 is 0 Å². The first-order valence-corrected chi connectivity index (χ1v) is 4.95. The third-order valence-corrected chi connectivity index (χ3v) is 2.90. The van der Waals surface area contributed by atoms with Crippen LogP contribution in [-0.4, -0.2) is 24.4 Å². The van der Waals surface area contributed by atoms with Gasteiger partial charge in [0.1, 0.15) is 0 Å². The second kappa shape index (κ2) is 3.52. The molecule has 0 N–H and O–H groups in total. The molecule has 0 fully saturated rings. The quantitative estimate of drug-likeness (QED) is 0.639. The van der Waals surface area contributed by atoms with Crippen LogP contribution in [0.1, 0.15) is 33.6 Å². The Morgan fingerprint density at radius 3 is 2.62 bits per heavy atom. The highest BCUT2D eigenvalue weighted by molar-refractivity contribution is 5.94. The minimum atomic E-state index is 0.0838. The van der Waals surface area contributed by atoms with Gasteiger partial charge in [-0.1, -0.05) is 19.9 Å². The largest absolute Gasteiger partial charge is 0.342 e. The highest BCUT2D eigenvalue weighted by Gasteiger charge is 2.32. The molecule has 1 aliphatic rings. The van der Waals surface area contributed by atoms with E-state index in [0.717, 1.165) is 25.0 Å². The van der Waals surface area contributed by atoms with Crippen LogP contribution in [0.3, 0.4) is 0 Å². The van der Waals surface area contributed by atoms with E-state index in [1.165, 1.54) is 0 Å². The zero-order chi connectivity index (χ0) is 10.1. The Kier molecular flexibility index (Phi) is 2.79. The molecule has 1 amide bonds. The zero-order valence-corrected chi connectivity index (χ0v) is 9.05. The molecule has 1 aliphatic carbocycles. The standard InChI is InChI=1S/C11H19NO/c1-5-12(4)10(13)9-7-6-8-11(9,2)3/h7H,5-6,8H2,1-4H3. The third kappa shape index (κ3) is 1.93. The van der Waals surface area contributed by atoms with Crippen LogP contribution in [0.2, 0.25) is 0 Å². The molecule has 0 aliphatic heterocycles. The number of hydrogen-bond acceptors (Lipinski definition) is 1. The highest BCUT2D eigenvalue weighted by atomic mass is 16.2. The lowest BCUT2D eigenvalue weighted by Gasteiger charge is -2.25. The van der Waals surface area contributed by atoms with Crippen molar-refractivity contribution in [2.24, 2.45) is 5.41 Å². The van der Waals surface area contributed by atoms with Crippen LogP contribution < -0.4 is 0 Å². The van der Waals surface area contributed by atoms with Crippen LogP contribution in [0.4, 0.5) is 0 Å². The van der Waals surface area contributed by atoms with Gasteiger partial charge in [-0.2, -0.15) is 0 Å². The molecule has 13 heavy (non-hydrogen) atoms. The van der Waals surface area contributed by atoms with E-state index in [2.05, 4.69) is 19.9 Å². The molecule has 0 saturated carbocycles. The Hall–Kier alpha value is -0.790. The van der Waals surface area contributed by atoms with E-state index in [-0.39, 0.29) is 11.3 Å². The summed E-state index contributed by atoms with van der Waals surface area (Å²) >= 11 is 0. The fourth-order valence-electron chi connectivity index (χ4n) is 1.71. The van der Waals surface area contributed by atoms with Gasteiger partial charge in [0, 0.05) is 19.2 Å². The summed E-state index contributed by atoms with van der Waals surface area (Å²) in [6.07, 6.45) is 4.24. The predicted octanol–water partition coefficient (Wildman–Crippen LogP) is 2.21. The van der Waals surface area contributed by atoms with Gasteiger partial charge in [-0.05, 0) is 25.2 Å². The van der Waals surface area contributed by atoms with Crippen LogP contribution in [0, 0.1) is 5.41 Å². The van der Waals surface area contributed by atoms with Crippen molar-refractivity contribution in [2.75, 3.05) is 13.6 Å². The molecule has 0 aromatic heterocycles. The summed E-state index contributed by atoms with van der Waals surface area (Å²) in [6.45, 7) is 7.08. The molecule has 0 radical (unpaired) electrons. The summed E-state index contributed by atoms with van der Waals surface area (Å²) in [7, 11) is 1.86. The van der Waals surface area contributed by atoms with Gasteiger partial charge in [0.25, 0.3) is 0 Å². The fraction of sp³-hybridized carbons (Fsp3) is 0.727. The SMILES string of the molecule is CCN(C)C(=O)C1=CCCC1(C)C. The topological polar surface area (TPSA) is 20.3 Å². The summed E-state index contributed by atoms with van der Waals surface area (Å²) in [5.74, 6) is 0.199. The number of allylic oxidation sites excluding steroid dienone is 1. The van der Waals surface area contributed by atoms with Crippen molar-refractivity contribution >= 4 is 5.91 Å². The Morgan fingerprint density at radius 1 is 1.62 bits per heavy atom. The number of carbonyl (C=O) groups is 1. The Balaban J connectivity index is 2.78. The van der Waals surface area contributed by atoms with Crippen LogP contribution in [-0.2, 0) is 4.79 Å². The van der Waals surface area contributed by atoms with E-state index in [9.17, 15) is 4.79 Å². The first kappa shape index (κ1) is 10.3. The Morgan fingerprint density at radius 2 is 2.23 bits per heavy atom. The maximum Gasteiger partial charge on any atom is 0.249 e. The lowest BCUT2D eigenvalue weighted by Crippen LogP contribution is -2.31. The van der Waals surface area contributed by atoms with Gasteiger partial charge in [-0.3, -0.25) is 4.79 Å². The van der Waals surface area contributed by atoms with Gasteiger partial charge in [-0.15, -0.1) is 0 Å². The highest BCUT2D eigenvalue weighted by Crippen LogP contribution is 2.38. The fourth-order valence-corrected chi connectivity index (χ4v) is 1.71. The molecule has 74 valence electrons. The van der Waals surface area contributed by atoms with Crippen molar-refractivity contribution in [3.63, 3.8) is 0 Å². The lowest BCUT2D eigenvalue weighted by atomic mass is 9.85. The second-order valence-electron chi connectivity index (χ2n) is 4.36. The van der Waals surface area contributed by atoms with E-state index < -0.39 is 0 Å².